The number of fused-ring (bicyclic) bond motifs is 1. The van der Waals surface area contributed by atoms with E-state index in [1.165, 1.54) is 13.0 Å². The third-order valence-electron chi connectivity index (χ3n) is 9.90. The number of aromatic hydroxyl groups is 6. The highest BCUT2D eigenvalue weighted by Gasteiger charge is 2.28. The summed E-state index contributed by atoms with van der Waals surface area (Å²) in [5.74, 6) is -3.37. The quantitative estimate of drug-likeness (QED) is 0.0533. The number of hydrogen-bond acceptors (Lipinski definition) is 6. The van der Waals surface area contributed by atoms with Gasteiger partial charge in [0.05, 0.1) is 5.56 Å². The molecule has 6 heteroatoms. The molecule has 0 spiro atoms. The first-order valence-corrected chi connectivity index (χ1v) is 17.3. The van der Waals surface area contributed by atoms with Crippen LogP contribution < -0.4 is 0 Å². The molecule has 6 rings (SSSR count). The number of aryl methyl sites for hydroxylation is 1. The summed E-state index contributed by atoms with van der Waals surface area (Å²) in [6.45, 7) is 8.65. The number of hydrogen-bond donors (Lipinski definition) is 6. The highest BCUT2D eigenvalue weighted by Crippen LogP contribution is 2.54. The third kappa shape index (κ3) is 6.63. The maximum atomic E-state index is 11.8. The fourth-order valence-corrected chi connectivity index (χ4v) is 6.86. The van der Waals surface area contributed by atoms with Gasteiger partial charge in [-0.25, -0.2) is 0 Å². The van der Waals surface area contributed by atoms with Crippen LogP contribution in [0.4, 0.5) is 0 Å². The number of rotatable bonds is 8. The normalized spacial score (nSPS) is 12.4. The van der Waals surface area contributed by atoms with Crippen molar-refractivity contribution in [1.82, 2.24) is 0 Å². The van der Waals surface area contributed by atoms with Crippen molar-refractivity contribution >= 4 is 22.4 Å². The molecule has 0 heterocycles. The van der Waals surface area contributed by atoms with E-state index < -0.39 is 34.5 Å². The van der Waals surface area contributed by atoms with Crippen molar-refractivity contribution in [3.05, 3.63) is 166 Å². The van der Waals surface area contributed by atoms with Crippen LogP contribution in [-0.4, -0.2) is 30.6 Å². The van der Waals surface area contributed by atoms with E-state index in [1.54, 1.807) is 19.9 Å². The van der Waals surface area contributed by atoms with Gasteiger partial charge in [-0.2, -0.15) is 0 Å². The Balaban J connectivity index is 1.65. The van der Waals surface area contributed by atoms with Crippen molar-refractivity contribution < 1.29 is 30.6 Å². The van der Waals surface area contributed by atoms with Crippen LogP contribution in [0.2, 0.25) is 0 Å². The van der Waals surface area contributed by atoms with E-state index in [0.717, 1.165) is 49.7 Å². The summed E-state index contributed by atoms with van der Waals surface area (Å²) in [6, 6.07) is 31.0. The maximum Gasteiger partial charge on any atom is 0.201 e. The van der Waals surface area contributed by atoms with Crippen LogP contribution in [0, 0.1) is 27.7 Å². The van der Waals surface area contributed by atoms with Gasteiger partial charge >= 0.3 is 0 Å². The van der Waals surface area contributed by atoms with Gasteiger partial charge in [0.2, 0.25) is 5.75 Å². The molecule has 0 saturated heterocycles. The Kier molecular flexibility index (Phi) is 10.2. The molecule has 0 amide bonds. The summed E-state index contributed by atoms with van der Waals surface area (Å²) in [5.41, 5.74) is 7.53. The number of benzene rings is 6. The van der Waals surface area contributed by atoms with E-state index >= 15 is 0 Å². The zero-order valence-electron chi connectivity index (χ0n) is 30.3. The van der Waals surface area contributed by atoms with Gasteiger partial charge in [-0.15, -0.1) is 0 Å². The zero-order valence-corrected chi connectivity index (χ0v) is 30.3. The van der Waals surface area contributed by atoms with E-state index in [0.29, 0.717) is 5.56 Å². The molecule has 0 saturated carbocycles. The first-order valence-electron chi connectivity index (χ1n) is 17.3. The lowest BCUT2D eigenvalue weighted by Gasteiger charge is -2.20. The highest BCUT2D eigenvalue weighted by molar-refractivity contribution is 6.02. The Morgan fingerprint density at radius 3 is 1.89 bits per heavy atom. The third-order valence-corrected chi connectivity index (χ3v) is 9.90. The fraction of sp³-hybridized carbons (Fsp3) is 0.106. The van der Waals surface area contributed by atoms with E-state index in [-0.39, 0.29) is 27.8 Å². The molecule has 6 aromatic carbocycles. The first kappa shape index (κ1) is 36.1. The Labute approximate surface area is 309 Å². The molecule has 0 aliphatic carbocycles. The van der Waals surface area contributed by atoms with Crippen molar-refractivity contribution in [3.63, 3.8) is 0 Å². The van der Waals surface area contributed by atoms with Crippen LogP contribution in [0.5, 0.6) is 34.5 Å². The second-order valence-corrected chi connectivity index (χ2v) is 13.1. The lowest BCUT2D eigenvalue weighted by molar-refractivity contribution is 0.366. The molecular formula is C47H42O6. The molecule has 6 N–H and O–H groups in total. The number of phenolic OH excluding ortho intramolecular Hbond substituents is 6. The average molecular weight is 703 g/mol. The molecule has 53 heavy (non-hydrogen) atoms. The Morgan fingerprint density at radius 1 is 0.509 bits per heavy atom. The summed E-state index contributed by atoms with van der Waals surface area (Å²) in [7, 11) is 0. The lowest BCUT2D eigenvalue weighted by Crippen LogP contribution is -1.97. The van der Waals surface area contributed by atoms with Crippen LogP contribution in [0.3, 0.4) is 0 Å². The minimum atomic E-state index is -0.750. The molecule has 0 atom stereocenters. The molecule has 0 aromatic heterocycles. The second-order valence-electron chi connectivity index (χ2n) is 13.1. The van der Waals surface area contributed by atoms with Gasteiger partial charge in [0.1, 0.15) is 5.75 Å². The van der Waals surface area contributed by atoms with E-state index in [1.807, 2.05) is 67.6 Å². The van der Waals surface area contributed by atoms with Gasteiger partial charge in [-0.3, -0.25) is 0 Å². The van der Waals surface area contributed by atoms with Gasteiger partial charge in [0.15, 0.2) is 23.0 Å². The van der Waals surface area contributed by atoms with E-state index in [4.69, 9.17) is 0 Å². The SMILES string of the molecule is C\C=C/C=C\C(\C=C\c1c(O)c(O)c(C)c(-c2c(C)c(C)c(O)c(O)c2O)c1O)=C(\c1ccccc1C)c1cccc2cc(-c3ccccc3)ccc12. The van der Waals surface area contributed by atoms with Crippen molar-refractivity contribution in [1.29, 1.82) is 0 Å². The zero-order chi connectivity index (χ0) is 38.0. The summed E-state index contributed by atoms with van der Waals surface area (Å²) in [4.78, 5) is 0. The van der Waals surface area contributed by atoms with E-state index in [2.05, 4.69) is 61.5 Å². The highest BCUT2D eigenvalue weighted by atomic mass is 16.3. The predicted octanol–water partition coefficient (Wildman–Crippen LogP) is 11.3. The van der Waals surface area contributed by atoms with Crippen molar-refractivity contribution in [2.45, 2.75) is 34.6 Å². The summed E-state index contributed by atoms with van der Waals surface area (Å²) < 4.78 is 0. The minimum Gasteiger partial charge on any atom is -0.507 e. The molecule has 0 bridgehead atoms. The van der Waals surface area contributed by atoms with Crippen molar-refractivity contribution in [3.8, 4) is 56.8 Å². The van der Waals surface area contributed by atoms with Crippen LogP contribution in [0.15, 0.2) is 127 Å². The largest absolute Gasteiger partial charge is 0.507 e. The average Bonchev–Trinajstić information content (AvgIpc) is 3.17. The molecule has 0 fully saturated rings. The van der Waals surface area contributed by atoms with Crippen LogP contribution in [0.25, 0.3) is 44.7 Å². The monoisotopic (exact) mass is 702 g/mol. The first-order chi connectivity index (χ1) is 25.5. The molecular weight excluding hydrogens is 661 g/mol. The standard InChI is InChI=1S/C47H42O6/c1-6-7-9-18-32(22-25-38-44(50)40(30(5)43(49)45(38)51)39-28(3)29(4)42(48)47(53)46(39)52)41(35-20-13-12-15-27(35)2)37-21-14-19-34-26-33(23-24-36(34)37)31-16-10-8-11-17-31/h6-26,48-53H,1-5H3/b7-6-,18-9-,25-22+,41-32+. The lowest BCUT2D eigenvalue weighted by atomic mass is 9.86. The Morgan fingerprint density at radius 2 is 1.17 bits per heavy atom. The Bertz CT molecular complexity index is 2470. The van der Waals surface area contributed by atoms with E-state index in [9.17, 15) is 30.6 Å². The molecule has 0 aliphatic heterocycles. The van der Waals surface area contributed by atoms with Gasteiger partial charge in [0, 0.05) is 16.7 Å². The topological polar surface area (TPSA) is 121 Å². The van der Waals surface area contributed by atoms with Crippen molar-refractivity contribution in [2.75, 3.05) is 0 Å². The molecule has 266 valence electrons. The summed E-state index contributed by atoms with van der Waals surface area (Å²) in [5, 5.41) is 68.2. The molecule has 0 aliphatic rings. The minimum absolute atomic E-state index is 0.00531. The van der Waals surface area contributed by atoms with Gasteiger partial charge < -0.3 is 30.6 Å². The van der Waals surface area contributed by atoms with Crippen LogP contribution in [0.1, 0.15) is 45.9 Å². The maximum absolute atomic E-state index is 11.8. The molecule has 0 radical (unpaired) electrons. The Hall–Kier alpha value is -6.66. The second kappa shape index (κ2) is 14.9. The summed E-state index contributed by atoms with van der Waals surface area (Å²) in [6.07, 6.45) is 11.0. The summed E-state index contributed by atoms with van der Waals surface area (Å²) >= 11 is 0. The molecule has 6 aromatic rings. The van der Waals surface area contributed by atoms with Gasteiger partial charge in [-0.1, -0.05) is 115 Å². The van der Waals surface area contributed by atoms with Gasteiger partial charge in [-0.05, 0) is 108 Å². The van der Waals surface area contributed by atoms with Crippen LogP contribution >= 0.6 is 0 Å². The van der Waals surface area contributed by atoms with Crippen molar-refractivity contribution in [2.24, 2.45) is 0 Å². The fourth-order valence-electron chi connectivity index (χ4n) is 6.86. The predicted molar refractivity (Wildman–Crippen MR) is 216 cm³/mol. The smallest absolute Gasteiger partial charge is 0.201 e. The van der Waals surface area contributed by atoms with Crippen LogP contribution in [-0.2, 0) is 0 Å². The molecule has 6 nitrogen and oxygen atoms in total. The number of allylic oxidation sites excluding steroid dienone is 6. The molecule has 0 unspecified atom stereocenters. The number of phenols is 6. The van der Waals surface area contributed by atoms with Gasteiger partial charge in [0.25, 0.3) is 0 Å².